The van der Waals surface area contributed by atoms with Crippen molar-refractivity contribution in [2.45, 2.75) is 63.6 Å². The first-order chi connectivity index (χ1) is 11.5. The molecule has 8 nitrogen and oxygen atoms in total. The predicted octanol–water partition coefficient (Wildman–Crippen LogP) is 0.106. The molecule has 128 valence electrons. The summed E-state index contributed by atoms with van der Waals surface area (Å²) in [7, 11) is 0. The van der Waals surface area contributed by atoms with Crippen LogP contribution in [-0.4, -0.2) is 42.6 Å². The second kappa shape index (κ2) is 5.70. The molecule has 0 radical (unpaired) electrons. The fraction of sp³-hybridized carbons (Fsp3) is 0.625. The van der Waals surface area contributed by atoms with Gasteiger partial charge >= 0.3 is 0 Å². The Hall–Kier alpha value is -2.22. The van der Waals surface area contributed by atoms with E-state index in [1.54, 1.807) is 11.4 Å². The molecule has 2 N–H and O–H groups in total. The molecule has 2 atom stereocenters. The lowest BCUT2D eigenvalue weighted by Gasteiger charge is -2.16. The van der Waals surface area contributed by atoms with E-state index < -0.39 is 6.10 Å². The summed E-state index contributed by atoms with van der Waals surface area (Å²) < 4.78 is 2.74. The van der Waals surface area contributed by atoms with E-state index >= 15 is 0 Å². The van der Waals surface area contributed by atoms with Gasteiger partial charge in [0.05, 0.1) is 17.8 Å². The summed E-state index contributed by atoms with van der Waals surface area (Å²) >= 11 is 0. The molecule has 0 aromatic carbocycles. The number of aryl methyl sites for hydroxylation is 1. The number of aliphatic hydroxyl groups is 1. The molecular weight excluding hydrogens is 310 g/mol. The number of carbonyl (C=O) groups is 1. The van der Waals surface area contributed by atoms with E-state index in [1.807, 2.05) is 6.07 Å². The van der Waals surface area contributed by atoms with Crippen LogP contribution in [-0.2, 0) is 11.3 Å². The molecule has 8 heteroatoms. The molecule has 2 aromatic heterocycles. The average molecular weight is 331 g/mol. The van der Waals surface area contributed by atoms with Crippen molar-refractivity contribution in [3.05, 3.63) is 27.9 Å². The van der Waals surface area contributed by atoms with Crippen LogP contribution in [0.1, 0.15) is 49.5 Å². The van der Waals surface area contributed by atoms with Gasteiger partial charge in [0.2, 0.25) is 5.91 Å². The van der Waals surface area contributed by atoms with Gasteiger partial charge in [0, 0.05) is 5.92 Å². The number of hydrogen-bond donors (Lipinski definition) is 2. The molecule has 0 aliphatic heterocycles. The summed E-state index contributed by atoms with van der Waals surface area (Å²) in [5, 5.41) is 21.3. The number of nitrogens with zero attached hydrogens (tertiary/aromatic N) is 4. The van der Waals surface area contributed by atoms with Crippen molar-refractivity contribution < 1.29 is 9.90 Å². The van der Waals surface area contributed by atoms with Gasteiger partial charge in [-0.05, 0) is 45.1 Å². The average Bonchev–Trinajstić information content (AvgIpc) is 3.17. The summed E-state index contributed by atoms with van der Waals surface area (Å²) in [6.07, 6.45) is 4.08. The highest BCUT2D eigenvalue weighted by Gasteiger charge is 2.28. The molecule has 2 unspecified atom stereocenters. The third kappa shape index (κ3) is 2.71. The Bertz CT molecular complexity index is 851. The van der Waals surface area contributed by atoms with Crippen LogP contribution in [0.4, 0.5) is 0 Å². The zero-order valence-electron chi connectivity index (χ0n) is 13.6. The summed E-state index contributed by atoms with van der Waals surface area (Å²) in [5.41, 5.74) is 1.06. The van der Waals surface area contributed by atoms with Crippen LogP contribution in [0, 0.1) is 6.92 Å². The fourth-order valence-corrected chi connectivity index (χ4v) is 3.38. The van der Waals surface area contributed by atoms with Crippen LogP contribution >= 0.6 is 0 Å². The molecule has 2 fully saturated rings. The van der Waals surface area contributed by atoms with E-state index in [0.717, 1.165) is 31.4 Å². The van der Waals surface area contributed by atoms with E-state index in [1.165, 1.54) is 4.68 Å². The summed E-state index contributed by atoms with van der Waals surface area (Å²) in [4.78, 5) is 24.8. The summed E-state index contributed by atoms with van der Waals surface area (Å²) in [6.45, 7) is 1.62. The van der Waals surface area contributed by atoms with Crippen molar-refractivity contribution in [1.29, 1.82) is 0 Å². The van der Waals surface area contributed by atoms with Gasteiger partial charge in [0.1, 0.15) is 17.9 Å². The van der Waals surface area contributed by atoms with E-state index in [0.29, 0.717) is 23.7 Å². The van der Waals surface area contributed by atoms with Gasteiger partial charge in [-0.3, -0.25) is 9.59 Å². The van der Waals surface area contributed by atoms with Crippen LogP contribution in [0.5, 0.6) is 0 Å². The van der Waals surface area contributed by atoms with Crippen molar-refractivity contribution in [2.75, 3.05) is 0 Å². The number of hydrogen-bond acceptors (Lipinski definition) is 5. The lowest BCUT2D eigenvalue weighted by molar-refractivity contribution is -0.123. The van der Waals surface area contributed by atoms with Crippen molar-refractivity contribution in [3.63, 3.8) is 0 Å². The highest BCUT2D eigenvalue weighted by atomic mass is 16.3. The first kappa shape index (κ1) is 15.3. The zero-order valence-corrected chi connectivity index (χ0v) is 13.6. The largest absolute Gasteiger partial charge is 0.391 e. The van der Waals surface area contributed by atoms with E-state index in [-0.39, 0.29) is 24.1 Å². The number of carbonyl (C=O) groups excluding carboxylic acids is 1. The zero-order chi connectivity index (χ0) is 16.8. The number of aromatic nitrogens is 4. The molecule has 2 saturated carbocycles. The standard InChI is InChI=1S/C16H21N5O3/c1-9-18-20(8-15(23)17-11-3-2-4-14(11)22)16(24)13-7-12(10-5-6-10)19-21(9)13/h7,10-11,14,22H,2-6,8H2,1H3,(H,17,23). The Morgan fingerprint density at radius 3 is 2.79 bits per heavy atom. The normalized spacial score (nSPS) is 23.8. The van der Waals surface area contributed by atoms with Crippen LogP contribution in [0.2, 0.25) is 0 Å². The van der Waals surface area contributed by atoms with Crippen molar-refractivity contribution in [3.8, 4) is 0 Å². The lowest BCUT2D eigenvalue weighted by atomic mass is 10.2. The van der Waals surface area contributed by atoms with Crippen molar-refractivity contribution >= 4 is 11.4 Å². The monoisotopic (exact) mass is 331 g/mol. The predicted molar refractivity (Wildman–Crippen MR) is 85.7 cm³/mol. The van der Waals surface area contributed by atoms with Crippen LogP contribution in [0.15, 0.2) is 10.9 Å². The number of aliphatic hydroxyl groups excluding tert-OH is 1. The van der Waals surface area contributed by atoms with Gasteiger partial charge in [-0.15, -0.1) is 0 Å². The lowest BCUT2D eigenvalue weighted by Crippen LogP contribution is -2.43. The van der Waals surface area contributed by atoms with Crippen LogP contribution < -0.4 is 10.9 Å². The van der Waals surface area contributed by atoms with Gasteiger partial charge in [0.15, 0.2) is 0 Å². The molecular formula is C16H21N5O3. The van der Waals surface area contributed by atoms with Crippen molar-refractivity contribution in [2.24, 2.45) is 0 Å². The summed E-state index contributed by atoms with van der Waals surface area (Å²) in [6, 6.07) is 1.58. The Kier molecular flexibility index (Phi) is 3.64. The van der Waals surface area contributed by atoms with Gasteiger partial charge in [-0.25, -0.2) is 9.20 Å². The quantitative estimate of drug-likeness (QED) is 0.828. The topological polar surface area (TPSA) is 102 Å². The minimum Gasteiger partial charge on any atom is -0.391 e. The maximum absolute atomic E-state index is 12.6. The SMILES string of the molecule is Cc1nn(CC(=O)NC2CCCC2O)c(=O)c2cc(C3CC3)nn12. The number of rotatable bonds is 4. The number of fused-ring (bicyclic) bond motifs is 1. The van der Waals surface area contributed by atoms with E-state index in [9.17, 15) is 14.7 Å². The van der Waals surface area contributed by atoms with Gasteiger partial charge in [-0.1, -0.05) is 0 Å². The molecule has 2 aliphatic carbocycles. The van der Waals surface area contributed by atoms with Crippen LogP contribution in [0.3, 0.4) is 0 Å². The Morgan fingerprint density at radius 2 is 2.12 bits per heavy atom. The van der Waals surface area contributed by atoms with Gasteiger partial charge in [0.25, 0.3) is 5.56 Å². The molecule has 1 amide bonds. The number of amides is 1. The van der Waals surface area contributed by atoms with E-state index in [4.69, 9.17) is 0 Å². The summed E-state index contributed by atoms with van der Waals surface area (Å²) in [5.74, 6) is 0.718. The maximum Gasteiger partial charge on any atom is 0.293 e. The first-order valence-electron chi connectivity index (χ1n) is 8.48. The third-order valence-corrected chi connectivity index (χ3v) is 4.87. The second-order valence-corrected chi connectivity index (χ2v) is 6.82. The molecule has 0 saturated heterocycles. The molecule has 0 spiro atoms. The molecule has 0 bridgehead atoms. The van der Waals surface area contributed by atoms with E-state index in [2.05, 4.69) is 15.5 Å². The highest BCUT2D eigenvalue weighted by molar-refractivity contribution is 5.76. The molecule has 24 heavy (non-hydrogen) atoms. The molecule has 2 aliphatic rings. The minimum atomic E-state index is -0.501. The van der Waals surface area contributed by atoms with Gasteiger partial charge in [-0.2, -0.15) is 10.2 Å². The Balaban J connectivity index is 1.58. The molecule has 4 rings (SSSR count). The molecule has 2 heterocycles. The Labute approximate surface area is 138 Å². The fourth-order valence-electron chi connectivity index (χ4n) is 3.38. The maximum atomic E-state index is 12.6. The van der Waals surface area contributed by atoms with Crippen LogP contribution in [0.25, 0.3) is 5.52 Å². The molecule has 2 aromatic rings. The van der Waals surface area contributed by atoms with Gasteiger partial charge < -0.3 is 10.4 Å². The highest BCUT2D eigenvalue weighted by Crippen LogP contribution is 2.39. The smallest absolute Gasteiger partial charge is 0.293 e. The first-order valence-corrected chi connectivity index (χ1v) is 8.48. The third-order valence-electron chi connectivity index (χ3n) is 4.87. The van der Waals surface area contributed by atoms with Crippen molar-refractivity contribution in [1.82, 2.24) is 24.7 Å². The Morgan fingerprint density at radius 1 is 1.33 bits per heavy atom. The minimum absolute atomic E-state index is 0.149. The second-order valence-electron chi connectivity index (χ2n) is 6.82. The number of nitrogens with one attached hydrogen (secondary N) is 1.